The molecular weight excluding hydrogens is 102 g/mol. The molecular formula is C6H10NO. The van der Waals surface area contributed by atoms with Crippen LogP contribution in [-0.2, 0) is 4.79 Å². The minimum absolute atomic E-state index is 0.171. The fourth-order valence-electron chi connectivity index (χ4n) is 0.784. The maximum Gasteiger partial charge on any atom is 0.220 e. The van der Waals surface area contributed by atoms with Gasteiger partial charge in [0.1, 0.15) is 0 Å². The lowest BCUT2D eigenvalue weighted by Crippen LogP contribution is -2.33. The smallest absolute Gasteiger partial charge is 0.220 e. The van der Waals surface area contributed by atoms with Crippen LogP contribution >= 0.6 is 0 Å². The summed E-state index contributed by atoms with van der Waals surface area (Å²) in [7, 11) is 0. The summed E-state index contributed by atoms with van der Waals surface area (Å²) in [6.45, 7) is 4.58. The van der Waals surface area contributed by atoms with Gasteiger partial charge in [0.05, 0.1) is 0 Å². The van der Waals surface area contributed by atoms with Gasteiger partial charge in [0.25, 0.3) is 0 Å². The third-order valence-electron chi connectivity index (χ3n) is 1.37. The summed E-state index contributed by atoms with van der Waals surface area (Å²) in [5.41, 5.74) is 0. The highest BCUT2D eigenvalue weighted by molar-refractivity contribution is 5.76. The molecule has 1 unspecified atom stereocenters. The average molecular weight is 112 g/mol. The number of hydrogen-bond donors (Lipinski definition) is 1. The molecule has 1 aliphatic rings. The second-order valence-corrected chi connectivity index (χ2v) is 2.21. The Morgan fingerprint density at radius 3 is 2.88 bits per heavy atom. The number of amides is 1. The molecule has 1 radical (unpaired) electrons. The number of rotatable bonds is 0. The van der Waals surface area contributed by atoms with Crippen LogP contribution in [-0.4, -0.2) is 12.5 Å². The van der Waals surface area contributed by atoms with Crippen LogP contribution in [0, 0.1) is 12.8 Å². The average Bonchev–Trinajstić information content (AvgIpc) is 1.77. The van der Waals surface area contributed by atoms with Gasteiger partial charge >= 0.3 is 0 Å². The molecule has 1 saturated heterocycles. The summed E-state index contributed by atoms with van der Waals surface area (Å²) in [4.78, 5) is 10.5. The molecule has 1 rings (SSSR count). The topological polar surface area (TPSA) is 29.1 Å². The molecule has 1 heterocycles. The summed E-state index contributed by atoms with van der Waals surface area (Å²) in [6.07, 6.45) is 1.61. The van der Waals surface area contributed by atoms with Gasteiger partial charge in [-0.15, -0.1) is 0 Å². The summed E-state index contributed by atoms with van der Waals surface area (Å²) in [6, 6.07) is 0. The zero-order chi connectivity index (χ0) is 5.98. The standard InChI is InChI=1S/C6H10NO/c1-5-2-3-6(8)7-4-5/h5H,1-4H2,(H,7,8). The molecule has 0 aromatic rings. The van der Waals surface area contributed by atoms with Crippen molar-refractivity contribution in [1.82, 2.24) is 5.32 Å². The van der Waals surface area contributed by atoms with Gasteiger partial charge in [-0.2, -0.15) is 0 Å². The highest BCUT2D eigenvalue weighted by atomic mass is 16.1. The van der Waals surface area contributed by atoms with Gasteiger partial charge in [-0.25, -0.2) is 0 Å². The van der Waals surface area contributed by atoms with E-state index >= 15 is 0 Å². The SMILES string of the molecule is [CH2]C1CCC(=O)NC1. The van der Waals surface area contributed by atoms with E-state index in [-0.39, 0.29) is 5.91 Å². The Morgan fingerprint density at radius 1 is 1.75 bits per heavy atom. The van der Waals surface area contributed by atoms with Crippen LogP contribution in [0.2, 0.25) is 0 Å². The fourth-order valence-corrected chi connectivity index (χ4v) is 0.784. The van der Waals surface area contributed by atoms with Crippen molar-refractivity contribution in [2.45, 2.75) is 12.8 Å². The number of piperidine rings is 1. The van der Waals surface area contributed by atoms with Crippen LogP contribution in [0.25, 0.3) is 0 Å². The largest absolute Gasteiger partial charge is 0.356 e. The van der Waals surface area contributed by atoms with Gasteiger partial charge in [0.2, 0.25) is 5.91 Å². The molecule has 1 amide bonds. The van der Waals surface area contributed by atoms with Crippen LogP contribution in [0.5, 0.6) is 0 Å². The van der Waals surface area contributed by atoms with E-state index in [1.54, 1.807) is 0 Å². The predicted octanol–water partition coefficient (Wildman–Crippen LogP) is 0.347. The van der Waals surface area contributed by atoms with Crippen molar-refractivity contribution < 1.29 is 4.79 Å². The lowest BCUT2D eigenvalue weighted by Gasteiger charge is -2.17. The highest BCUT2D eigenvalue weighted by Crippen LogP contribution is 2.07. The molecule has 1 N–H and O–H groups in total. The molecule has 1 atom stereocenters. The lowest BCUT2D eigenvalue weighted by molar-refractivity contribution is -0.122. The molecule has 2 nitrogen and oxygen atoms in total. The van der Waals surface area contributed by atoms with Gasteiger partial charge in [-0.3, -0.25) is 4.79 Å². The van der Waals surface area contributed by atoms with Crippen molar-refractivity contribution in [3.8, 4) is 0 Å². The fraction of sp³-hybridized carbons (Fsp3) is 0.667. The molecule has 0 saturated carbocycles. The van der Waals surface area contributed by atoms with E-state index in [2.05, 4.69) is 12.2 Å². The molecule has 1 aliphatic heterocycles. The summed E-state index contributed by atoms with van der Waals surface area (Å²) in [5.74, 6) is 0.609. The van der Waals surface area contributed by atoms with Crippen molar-refractivity contribution >= 4 is 5.91 Å². The third-order valence-corrected chi connectivity index (χ3v) is 1.37. The minimum Gasteiger partial charge on any atom is -0.356 e. The van der Waals surface area contributed by atoms with E-state index in [1.165, 1.54) is 0 Å². The van der Waals surface area contributed by atoms with Crippen molar-refractivity contribution in [1.29, 1.82) is 0 Å². The summed E-state index contributed by atoms with van der Waals surface area (Å²) >= 11 is 0. The number of nitrogens with one attached hydrogen (secondary N) is 1. The maximum atomic E-state index is 10.5. The predicted molar refractivity (Wildman–Crippen MR) is 31.1 cm³/mol. The van der Waals surface area contributed by atoms with E-state index < -0.39 is 0 Å². The third kappa shape index (κ3) is 1.22. The van der Waals surface area contributed by atoms with Gasteiger partial charge in [0.15, 0.2) is 0 Å². The number of carbonyl (C=O) groups is 1. The van der Waals surface area contributed by atoms with Crippen LogP contribution < -0.4 is 5.32 Å². The number of hydrogen-bond acceptors (Lipinski definition) is 1. The lowest BCUT2D eigenvalue weighted by atomic mass is 10.0. The van der Waals surface area contributed by atoms with E-state index in [0.29, 0.717) is 12.3 Å². The van der Waals surface area contributed by atoms with E-state index in [9.17, 15) is 4.79 Å². The Balaban J connectivity index is 2.29. The van der Waals surface area contributed by atoms with Gasteiger partial charge in [-0.1, -0.05) is 0 Å². The molecule has 0 spiro atoms. The van der Waals surface area contributed by atoms with E-state index in [1.807, 2.05) is 0 Å². The molecule has 2 heteroatoms. The van der Waals surface area contributed by atoms with Gasteiger partial charge in [0, 0.05) is 13.0 Å². The van der Waals surface area contributed by atoms with Gasteiger partial charge in [-0.05, 0) is 19.3 Å². The maximum absolute atomic E-state index is 10.5. The summed E-state index contributed by atoms with van der Waals surface area (Å²) in [5, 5.41) is 2.73. The second kappa shape index (κ2) is 2.16. The Labute approximate surface area is 49.3 Å². The van der Waals surface area contributed by atoms with Crippen LogP contribution in [0.3, 0.4) is 0 Å². The molecule has 45 valence electrons. The van der Waals surface area contributed by atoms with Crippen LogP contribution in [0.15, 0.2) is 0 Å². The normalized spacial score (nSPS) is 29.6. The Hall–Kier alpha value is -0.530. The molecule has 8 heavy (non-hydrogen) atoms. The summed E-state index contributed by atoms with van der Waals surface area (Å²) < 4.78 is 0. The van der Waals surface area contributed by atoms with E-state index in [4.69, 9.17) is 0 Å². The zero-order valence-corrected chi connectivity index (χ0v) is 4.81. The van der Waals surface area contributed by atoms with Crippen molar-refractivity contribution in [3.05, 3.63) is 6.92 Å². The van der Waals surface area contributed by atoms with Crippen molar-refractivity contribution in [2.24, 2.45) is 5.92 Å². The monoisotopic (exact) mass is 112 g/mol. The molecule has 0 bridgehead atoms. The minimum atomic E-state index is 0.171. The van der Waals surface area contributed by atoms with Crippen molar-refractivity contribution in [3.63, 3.8) is 0 Å². The molecule has 1 fully saturated rings. The first-order valence-electron chi connectivity index (χ1n) is 2.89. The first kappa shape index (κ1) is 5.60. The van der Waals surface area contributed by atoms with Gasteiger partial charge < -0.3 is 5.32 Å². The molecule has 0 aromatic heterocycles. The molecule has 0 aromatic carbocycles. The first-order chi connectivity index (χ1) is 3.79. The Bertz CT molecular complexity index is 90.7. The van der Waals surface area contributed by atoms with Crippen LogP contribution in [0.4, 0.5) is 0 Å². The molecule has 0 aliphatic carbocycles. The quantitative estimate of drug-likeness (QED) is 0.481. The van der Waals surface area contributed by atoms with Crippen molar-refractivity contribution in [2.75, 3.05) is 6.54 Å². The Kier molecular flexibility index (Phi) is 1.51. The van der Waals surface area contributed by atoms with Crippen LogP contribution in [0.1, 0.15) is 12.8 Å². The number of carbonyl (C=O) groups excluding carboxylic acids is 1. The van der Waals surface area contributed by atoms with E-state index in [0.717, 1.165) is 13.0 Å². The first-order valence-corrected chi connectivity index (χ1v) is 2.89. The Morgan fingerprint density at radius 2 is 2.50 bits per heavy atom. The second-order valence-electron chi connectivity index (χ2n) is 2.21. The highest BCUT2D eigenvalue weighted by Gasteiger charge is 2.12. The zero-order valence-electron chi connectivity index (χ0n) is 4.81.